The van der Waals surface area contributed by atoms with Crippen molar-refractivity contribution in [3.05, 3.63) is 36.5 Å². The topological polar surface area (TPSA) is 67.3 Å². The summed E-state index contributed by atoms with van der Waals surface area (Å²) in [4.78, 5) is 3.87. The first-order valence-electron chi connectivity index (χ1n) is 3.90. The van der Waals surface area contributed by atoms with E-state index in [1.165, 1.54) is 6.07 Å². The van der Waals surface area contributed by atoms with Crippen molar-refractivity contribution in [1.82, 2.24) is 4.98 Å². The number of hydrogen-bond acceptors (Lipinski definition) is 3. The zero-order valence-corrected chi connectivity index (χ0v) is 10.8. The second kappa shape index (κ2) is 4.76. The van der Waals surface area contributed by atoms with E-state index in [4.69, 9.17) is 4.55 Å². The molecule has 1 heterocycles. The molecule has 0 aliphatic rings. The molecule has 0 fully saturated rings. The molecule has 1 aromatic carbocycles. The van der Waals surface area contributed by atoms with Crippen molar-refractivity contribution in [2.75, 3.05) is 0 Å². The monoisotopic (exact) mass is 249 g/mol. The van der Waals surface area contributed by atoms with Gasteiger partial charge in [-0.2, -0.15) is 8.42 Å². The molecular weight excluding hydrogens is 242 g/mol. The van der Waals surface area contributed by atoms with Crippen LogP contribution in [0.25, 0.3) is 10.9 Å². The van der Waals surface area contributed by atoms with Crippen molar-refractivity contribution < 1.29 is 13.0 Å². The molecule has 2 aromatic rings. The smallest absolute Gasteiger partial charge is 0.282 e. The molecule has 0 aliphatic heterocycles. The molecule has 0 saturated carbocycles. The molecule has 0 saturated heterocycles. The Kier molecular flexibility index (Phi) is 4.08. The molecule has 1 N–H and O–H groups in total. The molecule has 0 aliphatic carbocycles. The summed E-state index contributed by atoms with van der Waals surface area (Å²) in [5.41, 5.74) is 0.544. The minimum absolute atomic E-state index is 0. The van der Waals surface area contributed by atoms with E-state index in [9.17, 15) is 8.42 Å². The van der Waals surface area contributed by atoms with Crippen molar-refractivity contribution in [3.63, 3.8) is 0 Å². The van der Waals surface area contributed by atoms with E-state index in [0.717, 1.165) is 0 Å². The molecular formula is C9H7CaNO3S+2. The Morgan fingerprint density at radius 1 is 1.13 bits per heavy atom. The standard InChI is InChI=1S/C9H7NO3S.Ca/c11-14(12,13)9-5-1-4-8-7(9)3-2-6-10-8;/h1-6H,(H,11,12,13);/q;+2. The Bertz CT molecular complexity index is 577. The zero-order chi connectivity index (χ0) is 10.2. The fourth-order valence-electron chi connectivity index (χ4n) is 1.30. The van der Waals surface area contributed by atoms with Crippen LogP contribution in [-0.4, -0.2) is 55.7 Å². The van der Waals surface area contributed by atoms with E-state index in [-0.39, 0.29) is 42.6 Å². The quantitative estimate of drug-likeness (QED) is 0.607. The molecule has 0 spiro atoms. The maximum atomic E-state index is 11.0. The fourth-order valence-corrected chi connectivity index (χ4v) is 2.00. The van der Waals surface area contributed by atoms with Crippen LogP contribution in [0.4, 0.5) is 0 Å². The third kappa shape index (κ3) is 2.68. The van der Waals surface area contributed by atoms with Crippen LogP contribution in [0.2, 0.25) is 0 Å². The second-order valence-electron chi connectivity index (χ2n) is 2.80. The summed E-state index contributed by atoms with van der Waals surface area (Å²) in [5.74, 6) is 0. The second-order valence-corrected chi connectivity index (χ2v) is 4.19. The van der Waals surface area contributed by atoms with Gasteiger partial charge < -0.3 is 0 Å². The van der Waals surface area contributed by atoms with Gasteiger partial charge in [0.1, 0.15) is 4.90 Å². The maximum Gasteiger partial charge on any atom is 2.00 e. The average molecular weight is 249 g/mol. The Morgan fingerprint density at radius 3 is 2.53 bits per heavy atom. The zero-order valence-electron chi connectivity index (χ0n) is 7.79. The first-order chi connectivity index (χ1) is 6.59. The largest absolute Gasteiger partial charge is 2.00 e. The molecule has 4 nitrogen and oxygen atoms in total. The van der Waals surface area contributed by atoms with E-state index >= 15 is 0 Å². The summed E-state index contributed by atoms with van der Waals surface area (Å²) in [5, 5.41) is 0.428. The summed E-state index contributed by atoms with van der Waals surface area (Å²) < 4.78 is 30.9. The van der Waals surface area contributed by atoms with Gasteiger partial charge in [-0.15, -0.1) is 0 Å². The minimum Gasteiger partial charge on any atom is -0.282 e. The summed E-state index contributed by atoms with van der Waals surface area (Å²) >= 11 is 0. The van der Waals surface area contributed by atoms with Gasteiger partial charge in [0.2, 0.25) is 0 Å². The Labute approximate surface area is 117 Å². The van der Waals surface area contributed by atoms with Gasteiger partial charge in [-0.1, -0.05) is 6.07 Å². The molecule has 0 unspecified atom stereocenters. The summed E-state index contributed by atoms with van der Waals surface area (Å²) in [7, 11) is -4.17. The molecule has 0 bridgehead atoms. The van der Waals surface area contributed by atoms with Crippen LogP contribution in [0.5, 0.6) is 0 Å². The number of pyridine rings is 1. The first kappa shape index (κ1) is 12.9. The molecule has 0 radical (unpaired) electrons. The molecule has 6 heteroatoms. The Morgan fingerprint density at radius 2 is 1.87 bits per heavy atom. The minimum atomic E-state index is -4.17. The van der Waals surface area contributed by atoms with E-state index in [1.54, 1.807) is 30.5 Å². The predicted octanol–water partition coefficient (Wildman–Crippen LogP) is 1.10. The van der Waals surface area contributed by atoms with E-state index in [0.29, 0.717) is 10.9 Å². The van der Waals surface area contributed by atoms with Gasteiger partial charge in [0.05, 0.1) is 5.52 Å². The van der Waals surface area contributed by atoms with Crippen molar-refractivity contribution in [2.24, 2.45) is 0 Å². The van der Waals surface area contributed by atoms with Crippen LogP contribution >= 0.6 is 0 Å². The van der Waals surface area contributed by atoms with Gasteiger partial charge in [-0.3, -0.25) is 9.54 Å². The van der Waals surface area contributed by atoms with E-state index < -0.39 is 10.1 Å². The van der Waals surface area contributed by atoms with Gasteiger partial charge in [0.15, 0.2) is 0 Å². The first-order valence-corrected chi connectivity index (χ1v) is 5.34. The van der Waals surface area contributed by atoms with Crippen molar-refractivity contribution in [3.8, 4) is 0 Å². The average Bonchev–Trinajstić information content (AvgIpc) is 2.15. The van der Waals surface area contributed by atoms with Gasteiger partial charge >= 0.3 is 37.7 Å². The van der Waals surface area contributed by atoms with Crippen LogP contribution < -0.4 is 0 Å². The van der Waals surface area contributed by atoms with Gasteiger partial charge in [-0.25, -0.2) is 0 Å². The predicted molar refractivity (Wildman–Crippen MR) is 57.3 cm³/mol. The van der Waals surface area contributed by atoms with Crippen LogP contribution in [0, 0.1) is 0 Å². The van der Waals surface area contributed by atoms with Crippen LogP contribution in [-0.2, 0) is 10.1 Å². The van der Waals surface area contributed by atoms with Crippen molar-refractivity contribution in [1.29, 1.82) is 0 Å². The molecule has 0 atom stereocenters. The number of hydrogen-bond donors (Lipinski definition) is 1. The van der Waals surface area contributed by atoms with Crippen LogP contribution in [0.3, 0.4) is 0 Å². The third-order valence-corrected chi connectivity index (χ3v) is 2.80. The number of benzene rings is 1. The summed E-state index contributed by atoms with van der Waals surface area (Å²) in [6, 6.07) is 7.80. The van der Waals surface area contributed by atoms with Gasteiger partial charge in [0, 0.05) is 11.6 Å². The molecule has 72 valence electrons. The molecule has 0 amide bonds. The van der Waals surface area contributed by atoms with E-state index in [2.05, 4.69) is 4.98 Å². The third-order valence-electron chi connectivity index (χ3n) is 1.88. The van der Waals surface area contributed by atoms with E-state index in [1.807, 2.05) is 0 Å². The summed E-state index contributed by atoms with van der Waals surface area (Å²) in [6.07, 6.45) is 1.57. The molecule has 15 heavy (non-hydrogen) atoms. The summed E-state index contributed by atoms with van der Waals surface area (Å²) in [6.45, 7) is 0. The molecule has 2 rings (SSSR count). The fraction of sp³-hybridized carbons (Fsp3) is 0. The number of nitrogens with zero attached hydrogens (tertiary/aromatic N) is 1. The Balaban J connectivity index is 0.00000112. The number of fused-ring (bicyclic) bond motifs is 1. The SMILES string of the molecule is O=S(=O)(O)c1cccc2ncccc12.[Ca+2]. The van der Waals surface area contributed by atoms with Crippen LogP contribution in [0.15, 0.2) is 41.4 Å². The van der Waals surface area contributed by atoms with Crippen molar-refractivity contribution in [2.45, 2.75) is 4.90 Å². The van der Waals surface area contributed by atoms with Crippen molar-refractivity contribution >= 4 is 58.8 Å². The normalized spacial score (nSPS) is 11.0. The van der Waals surface area contributed by atoms with Gasteiger partial charge in [0.25, 0.3) is 10.1 Å². The van der Waals surface area contributed by atoms with Gasteiger partial charge in [-0.05, 0) is 24.3 Å². The van der Waals surface area contributed by atoms with Crippen LogP contribution in [0.1, 0.15) is 0 Å². The Hall–Kier alpha value is -0.200. The molecule has 1 aromatic heterocycles. The maximum absolute atomic E-state index is 11.0. The number of aromatic nitrogens is 1. The number of rotatable bonds is 1.